The van der Waals surface area contributed by atoms with Crippen LogP contribution in [0.5, 0.6) is 0 Å². The van der Waals surface area contributed by atoms with Gasteiger partial charge in [-0.2, -0.15) is 0 Å². The van der Waals surface area contributed by atoms with E-state index in [9.17, 15) is 4.79 Å². The van der Waals surface area contributed by atoms with E-state index in [0.717, 1.165) is 38.8 Å². The standard InChI is InChI=1S/C17H28N4O2/c1-12(2)11-15(22)21-10-6-4-8-14(21)17-20-19-16(23-17)13-7-3-5-9-18-13/h12-14,18H,3-11H2,1-2H3/t13-,14-/m0/s1. The minimum Gasteiger partial charge on any atom is -0.421 e. The van der Waals surface area contributed by atoms with E-state index in [0.29, 0.717) is 24.1 Å². The number of amides is 1. The van der Waals surface area contributed by atoms with E-state index in [1.54, 1.807) is 0 Å². The molecule has 128 valence electrons. The van der Waals surface area contributed by atoms with Gasteiger partial charge in [-0.25, -0.2) is 0 Å². The summed E-state index contributed by atoms with van der Waals surface area (Å²) < 4.78 is 5.97. The van der Waals surface area contributed by atoms with Crippen LogP contribution < -0.4 is 5.32 Å². The Morgan fingerprint density at radius 2 is 2.00 bits per heavy atom. The lowest BCUT2D eigenvalue weighted by Crippen LogP contribution is -2.39. The van der Waals surface area contributed by atoms with Crippen molar-refractivity contribution in [1.82, 2.24) is 20.4 Å². The van der Waals surface area contributed by atoms with Gasteiger partial charge in [0.1, 0.15) is 6.04 Å². The Bertz CT molecular complexity index is 522. The van der Waals surface area contributed by atoms with Crippen molar-refractivity contribution < 1.29 is 9.21 Å². The fourth-order valence-electron chi connectivity index (χ4n) is 3.54. The fourth-order valence-corrected chi connectivity index (χ4v) is 3.54. The van der Waals surface area contributed by atoms with Crippen LogP contribution in [0.1, 0.15) is 82.7 Å². The average Bonchev–Trinajstić information content (AvgIpc) is 3.05. The van der Waals surface area contributed by atoms with E-state index in [1.807, 2.05) is 4.90 Å². The topological polar surface area (TPSA) is 71.3 Å². The van der Waals surface area contributed by atoms with Gasteiger partial charge >= 0.3 is 0 Å². The normalized spacial score (nSPS) is 25.8. The molecule has 0 saturated carbocycles. The molecular formula is C17H28N4O2. The largest absolute Gasteiger partial charge is 0.421 e. The molecule has 6 heteroatoms. The maximum atomic E-state index is 12.5. The maximum absolute atomic E-state index is 12.5. The van der Waals surface area contributed by atoms with Crippen LogP contribution >= 0.6 is 0 Å². The Morgan fingerprint density at radius 1 is 1.22 bits per heavy atom. The molecule has 2 atom stereocenters. The molecule has 1 amide bonds. The maximum Gasteiger partial charge on any atom is 0.239 e. The van der Waals surface area contributed by atoms with Crippen molar-refractivity contribution in [3.05, 3.63) is 11.8 Å². The number of likely N-dealkylation sites (tertiary alicyclic amines) is 1. The molecule has 3 rings (SSSR count). The smallest absolute Gasteiger partial charge is 0.239 e. The van der Waals surface area contributed by atoms with Gasteiger partial charge in [-0.15, -0.1) is 10.2 Å². The van der Waals surface area contributed by atoms with Gasteiger partial charge in [-0.1, -0.05) is 20.3 Å². The molecule has 0 unspecified atom stereocenters. The molecule has 0 spiro atoms. The zero-order valence-corrected chi connectivity index (χ0v) is 14.3. The second-order valence-corrected chi connectivity index (χ2v) is 7.18. The molecule has 1 aromatic rings. The van der Waals surface area contributed by atoms with Crippen LogP contribution in [-0.2, 0) is 4.79 Å². The number of piperidine rings is 2. The highest BCUT2D eigenvalue weighted by Crippen LogP contribution is 2.32. The van der Waals surface area contributed by atoms with Gasteiger partial charge < -0.3 is 14.6 Å². The van der Waals surface area contributed by atoms with Gasteiger partial charge in [-0.05, 0) is 44.6 Å². The summed E-state index contributed by atoms with van der Waals surface area (Å²) in [5.41, 5.74) is 0. The van der Waals surface area contributed by atoms with E-state index >= 15 is 0 Å². The number of nitrogens with zero attached hydrogens (tertiary/aromatic N) is 3. The molecule has 0 aliphatic carbocycles. The minimum absolute atomic E-state index is 0.0418. The molecule has 0 radical (unpaired) electrons. The lowest BCUT2D eigenvalue weighted by molar-refractivity contribution is -0.136. The summed E-state index contributed by atoms with van der Waals surface area (Å²) >= 11 is 0. The molecule has 23 heavy (non-hydrogen) atoms. The molecule has 3 heterocycles. The molecule has 1 N–H and O–H groups in total. The van der Waals surface area contributed by atoms with Crippen LogP contribution in [-0.4, -0.2) is 34.1 Å². The number of aromatic nitrogens is 2. The van der Waals surface area contributed by atoms with Crippen LogP contribution in [0.15, 0.2) is 4.42 Å². The molecule has 2 saturated heterocycles. The molecular weight excluding hydrogens is 292 g/mol. The first-order chi connectivity index (χ1) is 11.1. The highest BCUT2D eigenvalue weighted by molar-refractivity contribution is 5.76. The third kappa shape index (κ3) is 3.91. The second kappa shape index (κ2) is 7.43. The van der Waals surface area contributed by atoms with Crippen LogP contribution in [0.2, 0.25) is 0 Å². The SMILES string of the molecule is CC(C)CC(=O)N1CCCC[C@H]1c1nnc([C@@H]2CCCCN2)o1. The summed E-state index contributed by atoms with van der Waals surface area (Å²) in [4.78, 5) is 14.5. The molecule has 2 aliphatic rings. The number of carbonyl (C=O) groups is 1. The van der Waals surface area contributed by atoms with E-state index in [-0.39, 0.29) is 18.0 Å². The Morgan fingerprint density at radius 3 is 2.74 bits per heavy atom. The molecule has 0 aromatic carbocycles. The van der Waals surface area contributed by atoms with Crippen molar-refractivity contribution in [3.63, 3.8) is 0 Å². The first-order valence-electron chi connectivity index (χ1n) is 9.01. The lowest BCUT2D eigenvalue weighted by Gasteiger charge is -2.34. The fraction of sp³-hybridized carbons (Fsp3) is 0.824. The lowest BCUT2D eigenvalue weighted by atomic mass is 10.00. The van der Waals surface area contributed by atoms with Gasteiger partial charge in [0.2, 0.25) is 17.7 Å². The van der Waals surface area contributed by atoms with Gasteiger partial charge in [0.05, 0.1) is 6.04 Å². The Kier molecular flexibility index (Phi) is 5.30. The van der Waals surface area contributed by atoms with Gasteiger partial charge in [-0.3, -0.25) is 4.79 Å². The summed E-state index contributed by atoms with van der Waals surface area (Å²) in [6.07, 6.45) is 7.12. The van der Waals surface area contributed by atoms with Crippen molar-refractivity contribution in [3.8, 4) is 0 Å². The Labute approximate surface area is 138 Å². The summed E-state index contributed by atoms with van der Waals surface area (Å²) in [6, 6.07) is 0.133. The van der Waals surface area contributed by atoms with Crippen molar-refractivity contribution in [2.24, 2.45) is 5.92 Å². The van der Waals surface area contributed by atoms with Crippen LogP contribution in [0, 0.1) is 5.92 Å². The van der Waals surface area contributed by atoms with Crippen molar-refractivity contribution in [2.75, 3.05) is 13.1 Å². The second-order valence-electron chi connectivity index (χ2n) is 7.18. The van der Waals surface area contributed by atoms with Crippen molar-refractivity contribution in [1.29, 1.82) is 0 Å². The minimum atomic E-state index is -0.0418. The molecule has 2 fully saturated rings. The Balaban J connectivity index is 1.72. The molecule has 1 aromatic heterocycles. The zero-order valence-electron chi connectivity index (χ0n) is 14.3. The predicted octanol–water partition coefficient (Wildman–Crippen LogP) is 2.98. The predicted molar refractivity (Wildman–Crippen MR) is 86.7 cm³/mol. The number of nitrogens with one attached hydrogen (secondary N) is 1. The van der Waals surface area contributed by atoms with Crippen LogP contribution in [0.25, 0.3) is 0 Å². The van der Waals surface area contributed by atoms with Crippen LogP contribution in [0.4, 0.5) is 0 Å². The zero-order chi connectivity index (χ0) is 16.2. The highest BCUT2D eigenvalue weighted by atomic mass is 16.4. The number of hydrogen-bond donors (Lipinski definition) is 1. The van der Waals surface area contributed by atoms with Crippen LogP contribution in [0.3, 0.4) is 0 Å². The Hall–Kier alpha value is -1.43. The third-order valence-electron chi connectivity index (χ3n) is 4.76. The number of rotatable bonds is 4. The summed E-state index contributed by atoms with van der Waals surface area (Å²) in [5.74, 6) is 1.88. The van der Waals surface area contributed by atoms with E-state index in [4.69, 9.17) is 4.42 Å². The van der Waals surface area contributed by atoms with Gasteiger partial charge in [0, 0.05) is 13.0 Å². The number of hydrogen-bond acceptors (Lipinski definition) is 5. The summed E-state index contributed by atoms with van der Waals surface area (Å²) in [5, 5.41) is 12.0. The highest BCUT2D eigenvalue weighted by Gasteiger charge is 2.33. The summed E-state index contributed by atoms with van der Waals surface area (Å²) in [6.45, 7) is 5.97. The quantitative estimate of drug-likeness (QED) is 0.923. The first-order valence-corrected chi connectivity index (χ1v) is 9.01. The van der Waals surface area contributed by atoms with Crippen molar-refractivity contribution in [2.45, 2.75) is 70.9 Å². The van der Waals surface area contributed by atoms with Crippen molar-refractivity contribution >= 4 is 5.91 Å². The van der Waals surface area contributed by atoms with E-state index in [1.165, 1.54) is 12.8 Å². The molecule has 6 nitrogen and oxygen atoms in total. The first kappa shape index (κ1) is 16.4. The van der Waals surface area contributed by atoms with E-state index < -0.39 is 0 Å². The van der Waals surface area contributed by atoms with E-state index in [2.05, 4.69) is 29.4 Å². The summed E-state index contributed by atoms with van der Waals surface area (Å²) in [7, 11) is 0. The average molecular weight is 320 g/mol. The third-order valence-corrected chi connectivity index (χ3v) is 4.76. The molecule has 0 bridgehead atoms. The molecule has 2 aliphatic heterocycles. The van der Waals surface area contributed by atoms with Gasteiger partial charge in [0.15, 0.2) is 0 Å². The van der Waals surface area contributed by atoms with Gasteiger partial charge in [0.25, 0.3) is 0 Å². The monoisotopic (exact) mass is 320 g/mol. The number of carbonyl (C=O) groups excluding carboxylic acids is 1.